The lowest BCUT2D eigenvalue weighted by molar-refractivity contribution is -0.137. The van der Waals surface area contributed by atoms with E-state index in [1.165, 1.54) is 11.0 Å². The van der Waals surface area contributed by atoms with Gasteiger partial charge in [0.2, 0.25) is 0 Å². The number of amides is 1. The fourth-order valence-electron chi connectivity index (χ4n) is 3.79. The first-order chi connectivity index (χ1) is 14.3. The molecule has 1 fully saturated rings. The van der Waals surface area contributed by atoms with E-state index in [9.17, 15) is 18.0 Å². The Balaban J connectivity index is 1.44. The lowest BCUT2D eigenvalue weighted by Crippen LogP contribution is -2.47. The lowest BCUT2D eigenvalue weighted by atomic mass is 10.0. The van der Waals surface area contributed by atoms with Crippen molar-refractivity contribution in [1.82, 2.24) is 15.3 Å². The molecule has 1 N–H and O–H groups in total. The molecule has 0 bridgehead atoms. The summed E-state index contributed by atoms with van der Waals surface area (Å²) in [4.78, 5) is 14.4. The molecule has 2 aromatic rings. The van der Waals surface area contributed by atoms with Gasteiger partial charge in [0.15, 0.2) is 0 Å². The molecule has 1 saturated heterocycles. The van der Waals surface area contributed by atoms with Crippen LogP contribution in [-0.2, 0) is 17.5 Å². The first-order valence-corrected chi connectivity index (χ1v) is 9.77. The molecule has 5 nitrogen and oxygen atoms in total. The third-order valence-electron chi connectivity index (χ3n) is 5.28. The normalized spacial score (nSPS) is 21.1. The van der Waals surface area contributed by atoms with Crippen molar-refractivity contribution in [3.63, 3.8) is 0 Å². The van der Waals surface area contributed by atoms with Crippen LogP contribution in [0.1, 0.15) is 36.1 Å². The van der Waals surface area contributed by atoms with E-state index in [0.717, 1.165) is 23.4 Å². The monoisotopic (exact) mass is 417 g/mol. The van der Waals surface area contributed by atoms with Gasteiger partial charge in [0.25, 0.3) is 5.91 Å². The second-order valence-electron chi connectivity index (χ2n) is 7.30. The molecule has 4 rings (SSSR count). The molecular weight excluding hydrogens is 395 g/mol. The van der Waals surface area contributed by atoms with Gasteiger partial charge in [0, 0.05) is 12.4 Å². The molecule has 0 spiro atoms. The minimum Gasteiger partial charge on any atom is -0.494 e. The average molecular weight is 417 g/mol. The number of halogens is 3. The minimum atomic E-state index is -4.41. The Morgan fingerprint density at radius 2 is 1.90 bits per heavy atom. The average Bonchev–Trinajstić information content (AvgIpc) is 3.16. The van der Waals surface area contributed by atoms with Gasteiger partial charge in [0.1, 0.15) is 11.8 Å². The molecule has 2 aliphatic heterocycles. The van der Waals surface area contributed by atoms with E-state index in [1.54, 1.807) is 23.5 Å². The summed E-state index contributed by atoms with van der Waals surface area (Å²) in [5.41, 5.74) is 4.07. The van der Waals surface area contributed by atoms with Crippen LogP contribution in [0.5, 0.6) is 5.75 Å². The summed E-state index contributed by atoms with van der Waals surface area (Å²) < 4.78 is 44.3. The van der Waals surface area contributed by atoms with E-state index in [2.05, 4.69) is 5.43 Å². The number of hydrazine groups is 1. The molecule has 8 heteroatoms. The maximum atomic E-state index is 13.0. The fourth-order valence-corrected chi connectivity index (χ4v) is 3.79. The molecule has 2 aromatic carbocycles. The van der Waals surface area contributed by atoms with Crippen molar-refractivity contribution < 1.29 is 22.7 Å². The molecular formula is C22H22F3N3O2. The number of fused-ring (bicyclic) bond motifs is 1. The molecule has 2 aliphatic rings. The standard InChI is InChI=1S/C22H22F3N3O2/c1-2-30-18-8-6-16(7-9-18)19-13-20-21(29)27(10-11-28(20)26-19)14-15-4-3-5-17(12-15)22(23,24)25/h3-12,19-20,26H,2,13-14H2,1H3. The fraction of sp³-hybridized carbons (Fsp3) is 0.318. The largest absolute Gasteiger partial charge is 0.494 e. The van der Waals surface area contributed by atoms with Crippen molar-refractivity contribution in [3.05, 3.63) is 77.6 Å². The van der Waals surface area contributed by atoms with E-state index in [-0.39, 0.29) is 18.5 Å². The van der Waals surface area contributed by atoms with Crippen LogP contribution in [0.25, 0.3) is 0 Å². The quantitative estimate of drug-likeness (QED) is 0.791. The van der Waals surface area contributed by atoms with E-state index >= 15 is 0 Å². The zero-order valence-electron chi connectivity index (χ0n) is 16.4. The van der Waals surface area contributed by atoms with Gasteiger partial charge in [-0.1, -0.05) is 24.3 Å². The number of benzene rings is 2. The summed E-state index contributed by atoms with van der Waals surface area (Å²) in [6.07, 6.45) is -0.480. The van der Waals surface area contributed by atoms with Crippen molar-refractivity contribution in [3.8, 4) is 5.75 Å². The predicted molar refractivity (Wildman–Crippen MR) is 105 cm³/mol. The second kappa shape index (κ2) is 8.02. The zero-order chi connectivity index (χ0) is 21.3. The summed E-state index contributed by atoms with van der Waals surface area (Å²) in [7, 11) is 0. The number of hydrogen-bond acceptors (Lipinski definition) is 4. The SMILES string of the molecule is CCOc1ccc(C2CC3C(=O)N(Cc4cccc(C(F)(F)F)c4)C=CN3N2)cc1. The summed E-state index contributed by atoms with van der Waals surface area (Å²) in [6.45, 7) is 2.61. The molecule has 158 valence electrons. The van der Waals surface area contributed by atoms with Crippen LogP contribution in [0.2, 0.25) is 0 Å². The second-order valence-corrected chi connectivity index (χ2v) is 7.30. The van der Waals surface area contributed by atoms with Crippen LogP contribution in [0.15, 0.2) is 60.9 Å². The molecule has 2 unspecified atom stereocenters. The molecule has 2 atom stereocenters. The number of carbonyl (C=O) groups excluding carboxylic acids is 1. The van der Waals surface area contributed by atoms with E-state index in [1.807, 2.05) is 31.2 Å². The Bertz CT molecular complexity index is 943. The summed E-state index contributed by atoms with van der Waals surface area (Å²) in [5.74, 6) is 0.649. The molecule has 0 radical (unpaired) electrons. The highest BCUT2D eigenvalue weighted by atomic mass is 19.4. The van der Waals surface area contributed by atoms with Gasteiger partial charge in [0.05, 0.1) is 24.8 Å². The number of nitrogens with one attached hydrogen (secondary N) is 1. The summed E-state index contributed by atoms with van der Waals surface area (Å²) in [6, 6.07) is 12.4. The van der Waals surface area contributed by atoms with Gasteiger partial charge in [-0.2, -0.15) is 13.2 Å². The lowest BCUT2D eigenvalue weighted by Gasteiger charge is -2.32. The third kappa shape index (κ3) is 4.14. The molecule has 2 heterocycles. The number of nitrogens with zero attached hydrogens (tertiary/aromatic N) is 2. The Hall–Kier alpha value is -3.00. The van der Waals surface area contributed by atoms with E-state index in [0.29, 0.717) is 18.6 Å². The van der Waals surface area contributed by atoms with Crippen molar-refractivity contribution in [1.29, 1.82) is 0 Å². The van der Waals surface area contributed by atoms with Crippen molar-refractivity contribution in [2.75, 3.05) is 6.61 Å². The number of alkyl halides is 3. The van der Waals surface area contributed by atoms with Gasteiger partial charge in [-0.25, -0.2) is 5.43 Å². The Morgan fingerprint density at radius 3 is 2.60 bits per heavy atom. The van der Waals surface area contributed by atoms with Gasteiger partial charge in [-0.15, -0.1) is 0 Å². The smallest absolute Gasteiger partial charge is 0.416 e. The van der Waals surface area contributed by atoms with Crippen molar-refractivity contribution >= 4 is 5.91 Å². The van der Waals surface area contributed by atoms with Crippen molar-refractivity contribution in [2.24, 2.45) is 0 Å². The van der Waals surface area contributed by atoms with Crippen LogP contribution < -0.4 is 10.2 Å². The third-order valence-corrected chi connectivity index (χ3v) is 5.28. The van der Waals surface area contributed by atoms with Crippen LogP contribution in [-0.4, -0.2) is 28.5 Å². The highest BCUT2D eigenvalue weighted by Crippen LogP contribution is 2.33. The van der Waals surface area contributed by atoms with Gasteiger partial charge in [-0.05, 0) is 48.7 Å². The van der Waals surface area contributed by atoms with E-state index < -0.39 is 17.8 Å². The number of hydrogen-bond donors (Lipinski definition) is 1. The predicted octanol–water partition coefficient (Wildman–Crippen LogP) is 4.24. The van der Waals surface area contributed by atoms with Crippen LogP contribution in [0.3, 0.4) is 0 Å². The van der Waals surface area contributed by atoms with Crippen LogP contribution >= 0.6 is 0 Å². The molecule has 0 aliphatic carbocycles. The zero-order valence-corrected chi connectivity index (χ0v) is 16.4. The topological polar surface area (TPSA) is 44.8 Å². The first-order valence-electron chi connectivity index (χ1n) is 9.77. The summed E-state index contributed by atoms with van der Waals surface area (Å²) >= 11 is 0. The van der Waals surface area contributed by atoms with E-state index in [4.69, 9.17) is 4.74 Å². The number of carbonyl (C=O) groups is 1. The Labute approximate surface area is 172 Å². The number of ether oxygens (including phenoxy) is 1. The molecule has 0 aromatic heterocycles. The molecule has 30 heavy (non-hydrogen) atoms. The first kappa shape index (κ1) is 20.3. The minimum absolute atomic E-state index is 0.0345. The Morgan fingerprint density at radius 1 is 1.13 bits per heavy atom. The van der Waals surface area contributed by atoms with Gasteiger partial charge >= 0.3 is 6.18 Å². The number of rotatable bonds is 5. The maximum absolute atomic E-state index is 13.0. The summed E-state index contributed by atoms with van der Waals surface area (Å²) in [5, 5.41) is 1.77. The molecule has 1 amide bonds. The highest BCUT2D eigenvalue weighted by molar-refractivity contribution is 5.84. The molecule has 0 saturated carbocycles. The highest BCUT2D eigenvalue weighted by Gasteiger charge is 2.40. The van der Waals surface area contributed by atoms with Gasteiger partial charge in [-0.3, -0.25) is 4.79 Å². The van der Waals surface area contributed by atoms with Crippen LogP contribution in [0.4, 0.5) is 13.2 Å². The maximum Gasteiger partial charge on any atom is 0.416 e. The van der Waals surface area contributed by atoms with Gasteiger partial charge < -0.3 is 14.6 Å². The Kier molecular flexibility index (Phi) is 5.42. The van der Waals surface area contributed by atoms with Crippen LogP contribution in [0, 0.1) is 0 Å². The van der Waals surface area contributed by atoms with Crippen molar-refractivity contribution in [2.45, 2.75) is 38.1 Å².